The van der Waals surface area contributed by atoms with E-state index in [1.165, 1.54) is 0 Å². The molecule has 0 saturated carbocycles. The topological polar surface area (TPSA) is 21.3 Å². The van der Waals surface area contributed by atoms with Crippen molar-refractivity contribution in [3.63, 3.8) is 0 Å². The second-order valence-corrected chi connectivity index (χ2v) is 0.999. The Morgan fingerprint density at radius 2 is 3.00 bits per heavy atom. The van der Waals surface area contributed by atoms with Gasteiger partial charge in [0, 0.05) is 15.8 Å². The van der Waals surface area contributed by atoms with E-state index in [2.05, 4.69) is 0 Å². The summed E-state index contributed by atoms with van der Waals surface area (Å²) < 4.78 is 33.1. The normalized spacial score (nSPS) is 57.7. The number of hydrogen-bond acceptors (Lipinski definition) is 2. The number of morpholine rings is 1. The fraction of sp³-hybridized carbons (Fsp3) is 1.00. The molecule has 0 aliphatic carbocycles. The van der Waals surface area contributed by atoms with Gasteiger partial charge in [-0.2, -0.15) is 0 Å². The van der Waals surface area contributed by atoms with Gasteiger partial charge in [-0.25, -0.2) is 0 Å². The van der Waals surface area contributed by atoms with Gasteiger partial charge >= 0.3 is 0 Å². The van der Waals surface area contributed by atoms with Crippen LogP contribution in [0.4, 0.5) is 0 Å². The summed E-state index contributed by atoms with van der Waals surface area (Å²) in [5.41, 5.74) is 0. The van der Waals surface area contributed by atoms with Crippen LogP contribution < -0.4 is 5.31 Å². The summed E-state index contributed by atoms with van der Waals surface area (Å²) in [6.45, 7) is -2.73. The van der Waals surface area contributed by atoms with Gasteiger partial charge in [-0.1, -0.05) is 0 Å². The average molecular weight is 91.1 g/mol. The van der Waals surface area contributed by atoms with Crippen molar-refractivity contribution in [3.8, 4) is 0 Å². The van der Waals surface area contributed by atoms with Crippen LogP contribution in [0, 0.1) is 0 Å². The standard InChI is InChI=1S/C4H9NO/c1-3-6-4-2-5-1/h5H,1-4H2/i1D2,3D/hD. The number of rotatable bonds is 0. The van der Waals surface area contributed by atoms with Gasteiger partial charge in [-0.15, -0.1) is 0 Å². The van der Waals surface area contributed by atoms with Crippen LogP contribution >= 0.6 is 0 Å². The third-order valence-corrected chi connectivity index (χ3v) is 0.548. The smallest absolute Gasteiger partial charge is 0.122 e. The van der Waals surface area contributed by atoms with Crippen molar-refractivity contribution in [3.05, 3.63) is 0 Å². The summed E-state index contributed by atoms with van der Waals surface area (Å²) in [6.07, 6.45) is 0. The molecule has 1 N–H and O–H groups in total. The van der Waals surface area contributed by atoms with Crippen LogP contribution in [0.25, 0.3) is 0 Å². The van der Waals surface area contributed by atoms with Gasteiger partial charge in [-0.05, 0) is 0 Å². The van der Waals surface area contributed by atoms with Crippen molar-refractivity contribution in [2.75, 3.05) is 26.2 Å². The summed E-state index contributed by atoms with van der Waals surface area (Å²) in [4.78, 5) is 0. The van der Waals surface area contributed by atoms with Gasteiger partial charge < -0.3 is 10.0 Å². The van der Waals surface area contributed by atoms with E-state index in [1.807, 2.05) is 0 Å². The molecule has 0 aromatic rings. The van der Waals surface area contributed by atoms with Crippen molar-refractivity contribution in [1.29, 1.82) is 0 Å². The molecule has 0 spiro atoms. The predicted molar refractivity (Wildman–Crippen MR) is 23.7 cm³/mol. The van der Waals surface area contributed by atoms with Crippen LogP contribution in [0.3, 0.4) is 0 Å². The lowest BCUT2D eigenvalue weighted by Gasteiger charge is -2.10. The Hall–Kier alpha value is -0.0800. The Morgan fingerprint density at radius 3 is 3.67 bits per heavy atom. The molecular weight excluding hydrogens is 78.0 g/mol. The van der Waals surface area contributed by atoms with Gasteiger partial charge in [-0.3, -0.25) is 0 Å². The third-order valence-electron chi connectivity index (χ3n) is 0.548. The van der Waals surface area contributed by atoms with E-state index in [0.717, 1.165) is 5.31 Å². The van der Waals surface area contributed by atoms with E-state index in [-0.39, 0.29) is 13.2 Å². The van der Waals surface area contributed by atoms with E-state index >= 15 is 0 Å². The lowest BCUT2D eigenvalue weighted by Crippen LogP contribution is -2.30. The number of hydrogen-bond donors (Lipinski definition) is 1. The minimum absolute atomic E-state index is 0.225. The quantitative estimate of drug-likeness (QED) is 0.438. The molecule has 1 fully saturated rings. The second-order valence-electron chi connectivity index (χ2n) is 0.999. The van der Waals surface area contributed by atoms with E-state index in [1.54, 1.807) is 0 Å². The van der Waals surface area contributed by atoms with Crippen molar-refractivity contribution < 1.29 is 10.3 Å². The molecule has 1 saturated heterocycles. The van der Waals surface area contributed by atoms with Crippen molar-refractivity contribution >= 4 is 0 Å². The van der Waals surface area contributed by atoms with Gasteiger partial charge in [0.2, 0.25) is 0 Å². The van der Waals surface area contributed by atoms with Gasteiger partial charge in [0.05, 0.1) is 14.6 Å². The largest absolute Gasteiger partial charge is 0.379 e. The fourth-order valence-electron chi connectivity index (χ4n) is 0.296. The lowest BCUT2D eigenvalue weighted by atomic mass is 10.5. The predicted octanol–water partition coefficient (Wildman–Crippen LogP) is -0.394. The van der Waals surface area contributed by atoms with Crippen LogP contribution in [0.5, 0.6) is 0 Å². The highest BCUT2D eigenvalue weighted by Crippen LogP contribution is 1.76. The Bertz CT molecular complexity index is 118. The fourth-order valence-corrected chi connectivity index (χ4v) is 0.296. The van der Waals surface area contributed by atoms with Crippen LogP contribution in [0.15, 0.2) is 0 Å². The zero-order chi connectivity index (χ0) is 7.78. The molecule has 1 unspecified atom stereocenters. The maximum Gasteiger partial charge on any atom is 0.122 e. The zero-order valence-electron chi connectivity index (χ0n) is 7.35. The maximum absolute atomic E-state index is 7.13. The Morgan fingerprint density at radius 1 is 2.00 bits per heavy atom. The summed E-state index contributed by atoms with van der Waals surface area (Å²) in [6, 6.07) is 0. The molecule has 1 heterocycles. The molecule has 1 atom stereocenters. The summed E-state index contributed by atoms with van der Waals surface area (Å²) >= 11 is 0. The molecule has 2 heteroatoms. The Kier molecular flexibility index (Phi) is 0.524. The number of ether oxygens (including phenoxy) is 1. The van der Waals surface area contributed by atoms with Crippen LogP contribution in [0.1, 0.15) is 4.11 Å². The minimum Gasteiger partial charge on any atom is -0.379 e. The third kappa shape index (κ3) is 0.954. The van der Waals surface area contributed by atoms with E-state index in [0.29, 0.717) is 0 Å². The maximum atomic E-state index is 7.13. The molecule has 0 bridgehead atoms. The summed E-state index contributed by atoms with van der Waals surface area (Å²) in [5.74, 6) is 0. The molecule has 0 aromatic heterocycles. The highest BCUT2D eigenvalue weighted by Gasteiger charge is 1.92. The summed E-state index contributed by atoms with van der Waals surface area (Å²) in [5, 5.41) is 0.744. The van der Waals surface area contributed by atoms with Crippen molar-refractivity contribution in [2.24, 2.45) is 0 Å². The van der Waals surface area contributed by atoms with Crippen LogP contribution in [0.2, 0.25) is 1.41 Å². The SMILES string of the molecule is [2H]C1OCCN([2H])C1([2H])[2H]. The monoisotopic (exact) mass is 91.1 g/mol. The van der Waals surface area contributed by atoms with E-state index in [9.17, 15) is 0 Å². The highest BCUT2D eigenvalue weighted by molar-refractivity contribution is 4.49. The highest BCUT2D eigenvalue weighted by atomic mass is 16.5. The molecule has 0 amide bonds. The van der Waals surface area contributed by atoms with Gasteiger partial charge in [0.1, 0.15) is 1.41 Å². The second kappa shape index (κ2) is 2.16. The first-order chi connectivity index (χ1) is 4.55. The molecular formula is C4H9NO. The minimum atomic E-state index is -1.96. The van der Waals surface area contributed by atoms with Crippen LogP contribution in [-0.4, -0.2) is 26.2 Å². The van der Waals surface area contributed by atoms with E-state index < -0.39 is 13.1 Å². The van der Waals surface area contributed by atoms with Crippen molar-refractivity contribution in [2.45, 2.75) is 0 Å². The summed E-state index contributed by atoms with van der Waals surface area (Å²) in [7, 11) is 0. The number of nitrogens with one attached hydrogen (secondary N) is 1. The zero-order valence-corrected chi connectivity index (χ0v) is 3.35. The molecule has 0 aromatic carbocycles. The first-order valence-electron chi connectivity index (χ1n) is 3.88. The molecule has 36 valence electrons. The molecule has 1 aliphatic heterocycles. The molecule has 1 aliphatic rings. The van der Waals surface area contributed by atoms with Gasteiger partial charge in [0.25, 0.3) is 0 Å². The van der Waals surface area contributed by atoms with E-state index in [4.69, 9.17) is 10.3 Å². The first-order valence-corrected chi connectivity index (χ1v) is 1.85. The molecule has 6 heavy (non-hydrogen) atoms. The average Bonchev–Trinajstić information content (AvgIpc) is 1.84. The lowest BCUT2D eigenvalue weighted by molar-refractivity contribution is 0.109. The molecule has 0 radical (unpaired) electrons. The van der Waals surface area contributed by atoms with Crippen molar-refractivity contribution in [1.82, 2.24) is 5.31 Å². The Labute approximate surface area is 43.2 Å². The van der Waals surface area contributed by atoms with Gasteiger partial charge in [0.15, 0.2) is 0 Å². The first kappa shape index (κ1) is 1.46. The Balaban J connectivity index is 2.63. The van der Waals surface area contributed by atoms with Crippen LogP contribution in [-0.2, 0) is 4.74 Å². The molecule has 1 rings (SSSR count). The molecule has 2 nitrogen and oxygen atoms in total.